The highest BCUT2D eigenvalue weighted by molar-refractivity contribution is 6.00. The quantitative estimate of drug-likeness (QED) is 0.461. The smallest absolute Gasteiger partial charge is 0.184 e. The molecule has 0 aromatic carbocycles. The highest BCUT2D eigenvalue weighted by Crippen LogP contribution is 2.27. The minimum atomic E-state index is -0.0952. The highest BCUT2D eigenvalue weighted by atomic mass is 16.1. The van der Waals surface area contributed by atoms with Gasteiger partial charge in [0.1, 0.15) is 11.6 Å². The molecule has 0 amide bonds. The second-order valence-electron chi connectivity index (χ2n) is 4.23. The zero-order valence-corrected chi connectivity index (χ0v) is 9.97. The maximum Gasteiger partial charge on any atom is 0.184 e. The average molecular weight is 239 g/mol. The van der Waals surface area contributed by atoms with E-state index >= 15 is 0 Å². The van der Waals surface area contributed by atoms with E-state index in [0.717, 1.165) is 25.7 Å². The molecule has 90 valence electrons. The van der Waals surface area contributed by atoms with E-state index in [1.807, 2.05) is 6.07 Å². The Bertz CT molecular complexity index is 530. The Kier molecular flexibility index (Phi) is 4.01. The van der Waals surface area contributed by atoms with Crippen molar-refractivity contribution in [2.45, 2.75) is 25.7 Å². The lowest BCUT2D eigenvalue weighted by atomic mass is 9.97. The molecule has 18 heavy (non-hydrogen) atoms. The number of carbonyl (C=O) groups is 1. The third-order valence-corrected chi connectivity index (χ3v) is 3.02. The van der Waals surface area contributed by atoms with Gasteiger partial charge in [0.25, 0.3) is 0 Å². The Balaban J connectivity index is 2.20. The standard InChI is InChI=1S/C14H13N3O/c15-10-12(14(18)11-4-1-2-5-11)6-7-13-16-8-3-9-17-13/h3,7-9,11H,1-2,4-5H2. The van der Waals surface area contributed by atoms with Crippen LogP contribution < -0.4 is 0 Å². The van der Waals surface area contributed by atoms with Gasteiger partial charge in [-0.2, -0.15) is 5.26 Å². The molecule has 2 rings (SSSR count). The summed E-state index contributed by atoms with van der Waals surface area (Å²) in [6.07, 6.45) is 8.59. The number of nitriles is 1. The molecular weight excluding hydrogens is 226 g/mol. The third-order valence-electron chi connectivity index (χ3n) is 3.02. The molecule has 0 saturated heterocycles. The number of Topliss-reactive ketones (excluding diaryl/α,β-unsaturated/α-hetero) is 1. The Labute approximate surface area is 106 Å². The van der Waals surface area contributed by atoms with Crippen LogP contribution in [0.2, 0.25) is 0 Å². The molecule has 1 fully saturated rings. The predicted octanol–water partition coefficient (Wildman–Crippen LogP) is 2.30. The molecule has 1 aliphatic carbocycles. The third kappa shape index (κ3) is 2.91. The van der Waals surface area contributed by atoms with Gasteiger partial charge in [0, 0.05) is 24.4 Å². The van der Waals surface area contributed by atoms with Crippen molar-refractivity contribution >= 4 is 11.9 Å². The summed E-state index contributed by atoms with van der Waals surface area (Å²) in [4.78, 5) is 20.0. The van der Waals surface area contributed by atoms with E-state index in [4.69, 9.17) is 5.26 Å². The molecule has 1 aromatic rings. The molecule has 1 saturated carbocycles. The minimum absolute atomic E-state index is 0.00255. The maximum absolute atomic E-state index is 12.0. The predicted molar refractivity (Wildman–Crippen MR) is 66.1 cm³/mol. The largest absolute Gasteiger partial charge is 0.292 e. The average Bonchev–Trinajstić information content (AvgIpc) is 2.94. The van der Waals surface area contributed by atoms with Crippen molar-refractivity contribution < 1.29 is 4.79 Å². The first-order chi connectivity index (χ1) is 8.81. The first-order valence-corrected chi connectivity index (χ1v) is 5.99. The zero-order chi connectivity index (χ0) is 12.8. The van der Waals surface area contributed by atoms with Crippen LogP contribution in [0, 0.1) is 17.2 Å². The Morgan fingerprint density at radius 1 is 1.33 bits per heavy atom. The second-order valence-corrected chi connectivity index (χ2v) is 4.23. The summed E-state index contributed by atoms with van der Waals surface area (Å²) in [6.45, 7) is 0. The molecule has 0 atom stereocenters. The van der Waals surface area contributed by atoms with E-state index in [9.17, 15) is 4.79 Å². The summed E-state index contributed by atoms with van der Waals surface area (Å²) in [5.74, 6) is 0.351. The fraction of sp³-hybridized carbons (Fsp3) is 0.357. The number of hydrogen-bond acceptors (Lipinski definition) is 4. The molecule has 1 heterocycles. The Morgan fingerprint density at radius 3 is 2.61 bits per heavy atom. The van der Waals surface area contributed by atoms with Gasteiger partial charge in [0.2, 0.25) is 0 Å². The van der Waals surface area contributed by atoms with Gasteiger partial charge in [-0.25, -0.2) is 9.97 Å². The monoisotopic (exact) mass is 239 g/mol. The normalized spacial score (nSPS) is 14.6. The van der Waals surface area contributed by atoms with Gasteiger partial charge in [0.15, 0.2) is 11.6 Å². The maximum atomic E-state index is 12.0. The van der Waals surface area contributed by atoms with Crippen molar-refractivity contribution in [2.24, 2.45) is 5.92 Å². The van der Waals surface area contributed by atoms with Crippen LogP contribution in [0.3, 0.4) is 0 Å². The fourth-order valence-electron chi connectivity index (χ4n) is 2.07. The van der Waals surface area contributed by atoms with E-state index in [1.54, 1.807) is 18.5 Å². The van der Waals surface area contributed by atoms with Crippen molar-refractivity contribution in [2.75, 3.05) is 0 Å². The van der Waals surface area contributed by atoms with E-state index in [1.165, 1.54) is 6.08 Å². The SMILES string of the molecule is N#CC(=C=Cc1ncccn1)C(=O)C1CCCC1. The molecular formula is C14H13N3O. The fourth-order valence-corrected chi connectivity index (χ4v) is 2.07. The van der Waals surface area contributed by atoms with Crippen LogP contribution in [-0.4, -0.2) is 15.8 Å². The van der Waals surface area contributed by atoms with E-state index in [-0.39, 0.29) is 17.3 Å². The van der Waals surface area contributed by atoms with Gasteiger partial charge in [-0.1, -0.05) is 18.6 Å². The van der Waals surface area contributed by atoms with Gasteiger partial charge in [-0.15, -0.1) is 0 Å². The molecule has 0 unspecified atom stereocenters. The molecule has 0 aliphatic heterocycles. The van der Waals surface area contributed by atoms with E-state index in [0.29, 0.717) is 5.82 Å². The summed E-state index contributed by atoms with van der Waals surface area (Å²) in [7, 11) is 0. The molecule has 4 heteroatoms. The molecule has 4 nitrogen and oxygen atoms in total. The summed E-state index contributed by atoms with van der Waals surface area (Å²) in [6, 6.07) is 3.62. The summed E-state index contributed by atoms with van der Waals surface area (Å²) in [5.41, 5.74) is 2.80. The first kappa shape index (κ1) is 12.2. The minimum Gasteiger partial charge on any atom is -0.292 e. The van der Waals surface area contributed by atoms with Gasteiger partial charge in [-0.3, -0.25) is 4.79 Å². The Morgan fingerprint density at radius 2 is 2.00 bits per heavy atom. The van der Waals surface area contributed by atoms with Gasteiger partial charge >= 0.3 is 0 Å². The van der Waals surface area contributed by atoms with Gasteiger partial charge < -0.3 is 0 Å². The number of aromatic nitrogens is 2. The summed E-state index contributed by atoms with van der Waals surface area (Å²) in [5, 5.41) is 9.00. The second kappa shape index (κ2) is 5.90. The van der Waals surface area contributed by atoms with Crippen molar-refractivity contribution in [3.63, 3.8) is 0 Å². The van der Waals surface area contributed by atoms with Crippen molar-refractivity contribution in [1.82, 2.24) is 9.97 Å². The van der Waals surface area contributed by atoms with Crippen molar-refractivity contribution in [3.8, 4) is 6.07 Å². The number of rotatable bonds is 3. The summed E-state index contributed by atoms with van der Waals surface area (Å²) >= 11 is 0. The molecule has 1 aromatic heterocycles. The van der Waals surface area contributed by atoms with Crippen LogP contribution >= 0.6 is 0 Å². The summed E-state index contributed by atoms with van der Waals surface area (Å²) < 4.78 is 0. The lowest BCUT2D eigenvalue weighted by Gasteiger charge is -2.03. The lowest BCUT2D eigenvalue weighted by molar-refractivity contribution is -0.118. The van der Waals surface area contributed by atoms with Crippen LogP contribution in [0.5, 0.6) is 0 Å². The van der Waals surface area contributed by atoms with Gasteiger partial charge in [0.05, 0.1) is 0 Å². The number of nitrogens with zero attached hydrogens (tertiary/aromatic N) is 3. The molecule has 0 spiro atoms. The molecule has 0 radical (unpaired) electrons. The number of carbonyl (C=O) groups excluding carboxylic acids is 1. The Hall–Kier alpha value is -2.24. The van der Waals surface area contributed by atoms with Crippen molar-refractivity contribution in [1.29, 1.82) is 5.26 Å². The molecule has 1 aliphatic rings. The number of ketones is 1. The number of hydrogen-bond donors (Lipinski definition) is 0. The molecule has 0 bridgehead atoms. The van der Waals surface area contributed by atoms with Gasteiger partial charge in [-0.05, 0) is 18.9 Å². The van der Waals surface area contributed by atoms with Crippen LogP contribution in [-0.2, 0) is 4.79 Å². The zero-order valence-electron chi connectivity index (χ0n) is 9.97. The topological polar surface area (TPSA) is 66.6 Å². The van der Waals surface area contributed by atoms with Crippen LogP contribution in [0.1, 0.15) is 31.5 Å². The number of allylic oxidation sites excluding steroid dienone is 1. The first-order valence-electron chi connectivity index (χ1n) is 5.99. The van der Waals surface area contributed by atoms with Crippen molar-refractivity contribution in [3.05, 3.63) is 35.6 Å². The van der Waals surface area contributed by atoms with E-state index in [2.05, 4.69) is 15.7 Å². The highest BCUT2D eigenvalue weighted by Gasteiger charge is 2.25. The molecule has 0 N–H and O–H groups in total. The van der Waals surface area contributed by atoms with Crippen LogP contribution in [0.15, 0.2) is 29.8 Å². The lowest BCUT2D eigenvalue weighted by Crippen LogP contribution is -2.11. The van der Waals surface area contributed by atoms with E-state index < -0.39 is 0 Å². The van der Waals surface area contributed by atoms with Crippen LogP contribution in [0.25, 0.3) is 6.08 Å². The van der Waals surface area contributed by atoms with Crippen LogP contribution in [0.4, 0.5) is 0 Å².